The molecule has 0 aliphatic carbocycles. The Morgan fingerprint density at radius 2 is 2.18 bits per heavy atom. The van der Waals surface area contributed by atoms with E-state index in [-0.39, 0.29) is 5.91 Å². The maximum atomic E-state index is 12.2. The maximum absolute atomic E-state index is 12.2. The number of rotatable bonds is 2. The van der Waals surface area contributed by atoms with Gasteiger partial charge in [-0.2, -0.15) is 0 Å². The summed E-state index contributed by atoms with van der Waals surface area (Å²) in [5.41, 5.74) is 3.06. The van der Waals surface area contributed by atoms with Crippen molar-refractivity contribution in [2.24, 2.45) is 0 Å². The van der Waals surface area contributed by atoms with Crippen molar-refractivity contribution in [1.29, 1.82) is 0 Å². The van der Waals surface area contributed by atoms with Gasteiger partial charge >= 0.3 is 0 Å². The quantitative estimate of drug-likeness (QED) is 0.850. The van der Waals surface area contributed by atoms with Gasteiger partial charge < -0.3 is 10.2 Å². The van der Waals surface area contributed by atoms with Crippen molar-refractivity contribution in [3.63, 3.8) is 0 Å². The van der Waals surface area contributed by atoms with Gasteiger partial charge in [0.2, 0.25) is 0 Å². The zero-order valence-electron chi connectivity index (χ0n) is 10.8. The Bertz CT molecular complexity index is 426. The minimum Gasteiger partial charge on any atom is -0.383 e. The van der Waals surface area contributed by atoms with E-state index in [1.165, 1.54) is 5.56 Å². The Labute approximate surface area is 103 Å². The molecule has 2 rings (SSSR count). The zero-order chi connectivity index (χ0) is 12.4. The van der Waals surface area contributed by atoms with Gasteiger partial charge in [-0.25, -0.2) is 0 Å². The molecule has 1 aromatic rings. The number of hydrogen-bond acceptors (Lipinski definition) is 2. The number of anilines is 1. The molecule has 0 atom stereocenters. The van der Waals surface area contributed by atoms with Gasteiger partial charge in [0.1, 0.15) is 0 Å². The SMILES string of the molecule is CCN1CCNc2cc(C(C)C)ccc2C1=O. The summed E-state index contributed by atoms with van der Waals surface area (Å²) in [6.45, 7) is 8.73. The first-order valence-corrected chi connectivity index (χ1v) is 6.30. The maximum Gasteiger partial charge on any atom is 0.256 e. The van der Waals surface area contributed by atoms with E-state index >= 15 is 0 Å². The summed E-state index contributed by atoms with van der Waals surface area (Å²) < 4.78 is 0. The van der Waals surface area contributed by atoms with Crippen LogP contribution >= 0.6 is 0 Å². The monoisotopic (exact) mass is 232 g/mol. The third-order valence-electron chi connectivity index (χ3n) is 3.31. The Kier molecular flexibility index (Phi) is 3.36. The van der Waals surface area contributed by atoms with Crippen molar-refractivity contribution in [2.45, 2.75) is 26.7 Å². The highest BCUT2D eigenvalue weighted by molar-refractivity contribution is 6.00. The van der Waals surface area contributed by atoms with Crippen LogP contribution < -0.4 is 5.32 Å². The number of nitrogens with one attached hydrogen (secondary N) is 1. The van der Waals surface area contributed by atoms with Crippen LogP contribution in [-0.4, -0.2) is 30.4 Å². The fourth-order valence-corrected chi connectivity index (χ4v) is 2.15. The summed E-state index contributed by atoms with van der Waals surface area (Å²) in [6, 6.07) is 6.12. The van der Waals surface area contributed by atoms with Crippen molar-refractivity contribution in [1.82, 2.24) is 4.90 Å². The Hall–Kier alpha value is -1.51. The second-order valence-corrected chi connectivity index (χ2v) is 4.77. The number of hydrogen-bond donors (Lipinski definition) is 1. The average molecular weight is 232 g/mol. The van der Waals surface area contributed by atoms with Gasteiger partial charge in [0, 0.05) is 25.3 Å². The summed E-state index contributed by atoms with van der Waals surface area (Å²) in [7, 11) is 0. The number of likely N-dealkylation sites (N-methyl/N-ethyl adjacent to an activating group) is 1. The van der Waals surface area contributed by atoms with E-state index in [4.69, 9.17) is 0 Å². The van der Waals surface area contributed by atoms with Crippen LogP contribution in [0.25, 0.3) is 0 Å². The first-order valence-electron chi connectivity index (χ1n) is 6.30. The molecule has 0 bridgehead atoms. The number of carbonyl (C=O) groups is 1. The lowest BCUT2D eigenvalue weighted by atomic mass is 10.00. The van der Waals surface area contributed by atoms with Crippen LogP contribution in [-0.2, 0) is 0 Å². The highest BCUT2D eigenvalue weighted by Crippen LogP contribution is 2.25. The molecule has 1 N–H and O–H groups in total. The normalized spacial score (nSPS) is 15.5. The second-order valence-electron chi connectivity index (χ2n) is 4.77. The lowest BCUT2D eigenvalue weighted by molar-refractivity contribution is 0.0776. The van der Waals surface area contributed by atoms with Gasteiger partial charge in [-0.1, -0.05) is 19.9 Å². The van der Waals surface area contributed by atoms with Gasteiger partial charge in [-0.05, 0) is 30.5 Å². The van der Waals surface area contributed by atoms with E-state index in [9.17, 15) is 4.79 Å². The molecule has 3 heteroatoms. The first-order chi connectivity index (χ1) is 8.13. The van der Waals surface area contributed by atoms with Crippen LogP contribution in [0.3, 0.4) is 0 Å². The molecule has 92 valence electrons. The molecule has 0 saturated heterocycles. The molecule has 1 heterocycles. The van der Waals surface area contributed by atoms with E-state index in [0.29, 0.717) is 5.92 Å². The van der Waals surface area contributed by atoms with Gasteiger partial charge in [0.05, 0.1) is 5.56 Å². The second kappa shape index (κ2) is 4.78. The minimum absolute atomic E-state index is 0.141. The third kappa shape index (κ3) is 2.28. The van der Waals surface area contributed by atoms with Crippen molar-refractivity contribution in [3.05, 3.63) is 29.3 Å². The van der Waals surface area contributed by atoms with E-state index in [1.54, 1.807) is 0 Å². The molecule has 1 amide bonds. The van der Waals surface area contributed by atoms with Crippen molar-refractivity contribution in [2.75, 3.05) is 25.0 Å². The lowest BCUT2D eigenvalue weighted by Gasteiger charge is -2.17. The van der Waals surface area contributed by atoms with Crippen molar-refractivity contribution < 1.29 is 4.79 Å². The summed E-state index contributed by atoms with van der Waals surface area (Å²) in [5.74, 6) is 0.630. The zero-order valence-corrected chi connectivity index (χ0v) is 10.8. The topological polar surface area (TPSA) is 32.3 Å². The van der Waals surface area contributed by atoms with E-state index < -0.39 is 0 Å². The summed E-state index contributed by atoms with van der Waals surface area (Å²) >= 11 is 0. The van der Waals surface area contributed by atoms with Crippen LogP contribution in [0.15, 0.2) is 18.2 Å². The lowest BCUT2D eigenvalue weighted by Crippen LogP contribution is -2.32. The fraction of sp³-hybridized carbons (Fsp3) is 0.500. The molecular formula is C14H20N2O. The Morgan fingerprint density at radius 1 is 1.41 bits per heavy atom. The van der Waals surface area contributed by atoms with Gasteiger partial charge in [-0.15, -0.1) is 0 Å². The predicted molar refractivity (Wildman–Crippen MR) is 70.6 cm³/mol. The molecule has 0 fully saturated rings. The highest BCUT2D eigenvalue weighted by atomic mass is 16.2. The first kappa shape index (κ1) is 12.0. The van der Waals surface area contributed by atoms with Crippen LogP contribution in [0.5, 0.6) is 0 Å². The number of nitrogens with zero attached hydrogens (tertiary/aromatic N) is 1. The average Bonchev–Trinajstić information content (AvgIpc) is 2.48. The van der Waals surface area contributed by atoms with E-state index in [2.05, 4.69) is 31.3 Å². The molecule has 0 radical (unpaired) electrons. The minimum atomic E-state index is 0.141. The van der Waals surface area contributed by atoms with Gasteiger partial charge in [0.15, 0.2) is 0 Å². The highest BCUT2D eigenvalue weighted by Gasteiger charge is 2.21. The molecular weight excluding hydrogens is 212 g/mol. The van der Waals surface area contributed by atoms with Gasteiger partial charge in [0.25, 0.3) is 5.91 Å². The molecule has 0 saturated carbocycles. The predicted octanol–water partition coefficient (Wildman–Crippen LogP) is 2.70. The standard InChI is InChI=1S/C14H20N2O/c1-4-16-8-7-15-13-9-11(10(2)3)5-6-12(13)14(16)17/h5-6,9-10,15H,4,7-8H2,1-3H3. The summed E-state index contributed by atoms with van der Waals surface area (Å²) in [5, 5.41) is 3.35. The third-order valence-corrected chi connectivity index (χ3v) is 3.31. The smallest absolute Gasteiger partial charge is 0.256 e. The number of fused-ring (bicyclic) bond motifs is 1. The Morgan fingerprint density at radius 3 is 2.82 bits per heavy atom. The van der Waals surface area contributed by atoms with Crippen LogP contribution in [0, 0.1) is 0 Å². The van der Waals surface area contributed by atoms with Crippen LogP contribution in [0.2, 0.25) is 0 Å². The molecule has 1 aromatic carbocycles. The van der Waals surface area contributed by atoms with Gasteiger partial charge in [-0.3, -0.25) is 4.79 Å². The number of amides is 1. The number of carbonyl (C=O) groups excluding carboxylic acids is 1. The molecule has 17 heavy (non-hydrogen) atoms. The summed E-state index contributed by atoms with van der Waals surface area (Å²) in [6.07, 6.45) is 0. The van der Waals surface area contributed by atoms with E-state index in [0.717, 1.165) is 30.9 Å². The Balaban J connectivity index is 2.40. The van der Waals surface area contributed by atoms with Crippen molar-refractivity contribution >= 4 is 11.6 Å². The van der Waals surface area contributed by atoms with Crippen LogP contribution in [0.4, 0.5) is 5.69 Å². The molecule has 0 unspecified atom stereocenters. The molecule has 0 spiro atoms. The van der Waals surface area contributed by atoms with Crippen LogP contribution in [0.1, 0.15) is 42.6 Å². The largest absolute Gasteiger partial charge is 0.383 e. The molecule has 3 nitrogen and oxygen atoms in total. The summed E-state index contributed by atoms with van der Waals surface area (Å²) in [4.78, 5) is 14.1. The fourth-order valence-electron chi connectivity index (χ4n) is 2.15. The van der Waals surface area contributed by atoms with Crippen molar-refractivity contribution in [3.8, 4) is 0 Å². The van der Waals surface area contributed by atoms with E-state index in [1.807, 2.05) is 17.9 Å². The molecule has 1 aliphatic heterocycles. The molecule has 1 aliphatic rings. The molecule has 0 aromatic heterocycles. The number of benzene rings is 1.